The normalized spacial score (nSPS) is 20.6. The van der Waals surface area contributed by atoms with Crippen molar-refractivity contribution in [2.75, 3.05) is 20.2 Å². The van der Waals surface area contributed by atoms with E-state index in [9.17, 15) is 0 Å². The Kier molecular flexibility index (Phi) is 3.17. The van der Waals surface area contributed by atoms with Gasteiger partial charge in [-0.3, -0.25) is 0 Å². The lowest BCUT2D eigenvalue weighted by molar-refractivity contribution is 0.413. The Morgan fingerprint density at radius 2 is 2.27 bits per heavy atom. The topological polar surface area (TPSA) is 21.3 Å². The minimum Gasteiger partial charge on any atom is -0.497 e. The summed E-state index contributed by atoms with van der Waals surface area (Å²) < 4.78 is 5.27. The predicted octanol–water partition coefficient (Wildman–Crippen LogP) is 2.73. The van der Waals surface area contributed by atoms with Crippen LogP contribution in [0.5, 0.6) is 5.75 Å². The van der Waals surface area contributed by atoms with E-state index in [0.29, 0.717) is 5.92 Å². The van der Waals surface area contributed by atoms with Crippen LogP contribution < -0.4 is 10.1 Å². The fraction of sp³-hybridized carbons (Fsp3) is 0.500. The van der Waals surface area contributed by atoms with E-state index >= 15 is 0 Å². The molecule has 0 spiro atoms. The highest BCUT2D eigenvalue weighted by Crippen LogP contribution is 2.34. The fourth-order valence-corrected chi connectivity index (χ4v) is 2.36. The monoisotopic (exact) mass is 225 g/mol. The van der Waals surface area contributed by atoms with Crippen molar-refractivity contribution >= 4 is 11.6 Å². The van der Waals surface area contributed by atoms with Crippen LogP contribution in [0.3, 0.4) is 0 Å². The molecule has 0 bridgehead atoms. The minimum atomic E-state index is 0.534. The molecular weight excluding hydrogens is 210 g/mol. The molecule has 2 nitrogen and oxygen atoms in total. The Morgan fingerprint density at radius 1 is 1.47 bits per heavy atom. The van der Waals surface area contributed by atoms with E-state index in [2.05, 4.69) is 11.4 Å². The first kappa shape index (κ1) is 10.8. The van der Waals surface area contributed by atoms with Gasteiger partial charge >= 0.3 is 0 Å². The molecule has 1 unspecified atom stereocenters. The lowest BCUT2D eigenvalue weighted by Crippen LogP contribution is -2.08. The molecule has 1 N–H and O–H groups in total. The third-order valence-electron chi connectivity index (χ3n) is 2.99. The Morgan fingerprint density at radius 3 is 2.87 bits per heavy atom. The van der Waals surface area contributed by atoms with Gasteiger partial charge in [0.25, 0.3) is 0 Å². The summed E-state index contributed by atoms with van der Waals surface area (Å²) >= 11 is 6.32. The highest BCUT2D eigenvalue weighted by molar-refractivity contribution is 6.32. The third-order valence-corrected chi connectivity index (χ3v) is 3.51. The smallest absolute Gasteiger partial charge is 0.119 e. The average molecular weight is 226 g/mol. The molecule has 0 aromatic heterocycles. The van der Waals surface area contributed by atoms with E-state index in [-0.39, 0.29) is 0 Å². The molecule has 0 saturated carbocycles. The van der Waals surface area contributed by atoms with Crippen LogP contribution in [0.4, 0.5) is 0 Å². The van der Waals surface area contributed by atoms with Crippen molar-refractivity contribution in [2.45, 2.75) is 19.3 Å². The van der Waals surface area contributed by atoms with Gasteiger partial charge in [0, 0.05) is 11.6 Å². The van der Waals surface area contributed by atoms with E-state index in [4.69, 9.17) is 16.3 Å². The zero-order chi connectivity index (χ0) is 10.8. The molecule has 1 atom stereocenters. The third kappa shape index (κ3) is 2.11. The highest BCUT2D eigenvalue weighted by atomic mass is 35.5. The van der Waals surface area contributed by atoms with Gasteiger partial charge in [-0.1, -0.05) is 11.6 Å². The van der Waals surface area contributed by atoms with Crippen LogP contribution in [-0.2, 0) is 0 Å². The highest BCUT2D eigenvalue weighted by Gasteiger charge is 2.20. The standard InChI is InChI=1S/C12H16ClNO/c1-8-5-10(15-2)6-11(12(8)13)9-3-4-14-7-9/h5-6,9,14H,3-4,7H2,1-2H3. The quantitative estimate of drug-likeness (QED) is 0.836. The van der Waals surface area contributed by atoms with Gasteiger partial charge in [0.05, 0.1) is 7.11 Å². The number of benzene rings is 1. The molecule has 1 saturated heterocycles. The Labute approximate surface area is 95.6 Å². The van der Waals surface area contributed by atoms with Crippen molar-refractivity contribution in [2.24, 2.45) is 0 Å². The lowest BCUT2D eigenvalue weighted by Gasteiger charge is -2.14. The molecule has 0 aliphatic carbocycles. The van der Waals surface area contributed by atoms with Gasteiger partial charge < -0.3 is 10.1 Å². The number of hydrogen-bond donors (Lipinski definition) is 1. The van der Waals surface area contributed by atoms with Gasteiger partial charge in [0.2, 0.25) is 0 Å². The van der Waals surface area contributed by atoms with Crippen LogP contribution in [0.15, 0.2) is 12.1 Å². The number of rotatable bonds is 2. The second-order valence-corrected chi connectivity index (χ2v) is 4.42. The molecule has 2 rings (SSSR count). The SMILES string of the molecule is COc1cc(C)c(Cl)c(C2CCNC2)c1. The zero-order valence-corrected chi connectivity index (χ0v) is 9.90. The van der Waals surface area contributed by atoms with Crippen LogP contribution in [0.1, 0.15) is 23.5 Å². The molecule has 3 heteroatoms. The van der Waals surface area contributed by atoms with Crippen LogP contribution in [-0.4, -0.2) is 20.2 Å². The van der Waals surface area contributed by atoms with Gasteiger partial charge in [-0.25, -0.2) is 0 Å². The van der Waals surface area contributed by atoms with Crippen molar-refractivity contribution in [1.82, 2.24) is 5.32 Å². The summed E-state index contributed by atoms with van der Waals surface area (Å²) in [5, 5.41) is 4.25. The number of methoxy groups -OCH3 is 1. The van der Waals surface area contributed by atoms with Gasteiger partial charge in [-0.2, -0.15) is 0 Å². The van der Waals surface area contributed by atoms with E-state index in [1.165, 1.54) is 5.56 Å². The summed E-state index contributed by atoms with van der Waals surface area (Å²) in [6, 6.07) is 4.04. The zero-order valence-electron chi connectivity index (χ0n) is 9.14. The maximum absolute atomic E-state index is 6.32. The summed E-state index contributed by atoms with van der Waals surface area (Å²) in [6.45, 7) is 4.13. The van der Waals surface area contributed by atoms with E-state index in [1.807, 2.05) is 13.0 Å². The summed E-state index contributed by atoms with van der Waals surface area (Å²) in [4.78, 5) is 0. The second kappa shape index (κ2) is 4.42. The van der Waals surface area contributed by atoms with Gasteiger partial charge in [0.15, 0.2) is 0 Å². The maximum atomic E-state index is 6.32. The van der Waals surface area contributed by atoms with Gasteiger partial charge in [-0.15, -0.1) is 0 Å². The van der Waals surface area contributed by atoms with Crippen LogP contribution >= 0.6 is 11.6 Å². The lowest BCUT2D eigenvalue weighted by atomic mass is 9.96. The van der Waals surface area contributed by atoms with Crippen molar-refractivity contribution < 1.29 is 4.74 Å². The Balaban J connectivity index is 2.39. The first-order valence-corrected chi connectivity index (χ1v) is 5.65. The first-order chi connectivity index (χ1) is 7.22. The van der Waals surface area contributed by atoms with Crippen molar-refractivity contribution in [1.29, 1.82) is 0 Å². The van der Waals surface area contributed by atoms with Gasteiger partial charge in [0.1, 0.15) is 5.75 Å². The molecule has 1 aliphatic rings. The molecule has 1 aromatic carbocycles. The maximum Gasteiger partial charge on any atom is 0.119 e. The average Bonchev–Trinajstić information content (AvgIpc) is 2.75. The molecule has 0 amide bonds. The van der Waals surface area contributed by atoms with Crippen molar-refractivity contribution in [3.05, 3.63) is 28.3 Å². The number of hydrogen-bond acceptors (Lipinski definition) is 2. The molecule has 1 fully saturated rings. The predicted molar refractivity (Wildman–Crippen MR) is 63.0 cm³/mol. The van der Waals surface area contributed by atoms with Crippen molar-refractivity contribution in [3.63, 3.8) is 0 Å². The van der Waals surface area contributed by atoms with Crippen LogP contribution in [0, 0.1) is 6.92 Å². The number of halogens is 1. The minimum absolute atomic E-state index is 0.534. The summed E-state index contributed by atoms with van der Waals surface area (Å²) in [6.07, 6.45) is 1.16. The number of nitrogens with one attached hydrogen (secondary N) is 1. The number of ether oxygens (including phenoxy) is 1. The van der Waals surface area contributed by atoms with Crippen molar-refractivity contribution in [3.8, 4) is 5.75 Å². The molecule has 82 valence electrons. The first-order valence-electron chi connectivity index (χ1n) is 5.27. The van der Waals surface area contributed by atoms with Gasteiger partial charge in [-0.05, 0) is 49.1 Å². The summed E-state index contributed by atoms with van der Waals surface area (Å²) in [7, 11) is 1.69. The van der Waals surface area contributed by atoms with E-state index in [0.717, 1.165) is 35.8 Å². The molecule has 15 heavy (non-hydrogen) atoms. The Bertz CT molecular complexity index is 359. The second-order valence-electron chi connectivity index (χ2n) is 4.04. The molecule has 1 heterocycles. The van der Waals surface area contributed by atoms with Crippen LogP contribution in [0.2, 0.25) is 5.02 Å². The molecule has 1 aliphatic heterocycles. The summed E-state index contributed by atoms with van der Waals surface area (Å²) in [5.41, 5.74) is 2.32. The molecule has 1 aromatic rings. The Hall–Kier alpha value is -0.730. The molecular formula is C12H16ClNO. The largest absolute Gasteiger partial charge is 0.497 e. The molecule has 0 radical (unpaired) electrons. The summed E-state index contributed by atoms with van der Waals surface area (Å²) in [5.74, 6) is 1.44. The number of aryl methyl sites for hydroxylation is 1. The van der Waals surface area contributed by atoms with E-state index in [1.54, 1.807) is 7.11 Å². The fourth-order valence-electron chi connectivity index (χ4n) is 2.10. The van der Waals surface area contributed by atoms with E-state index < -0.39 is 0 Å². The van der Waals surface area contributed by atoms with Crippen LogP contribution in [0.25, 0.3) is 0 Å².